The minimum absolute atomic E-state index is 0.150. The first kappa shape index (κ1) is 11.0. The molecule has 0 aromatic heterocycles. The van der Waals surface area contributed by atoms with E-state index >= 15 is 0 Å². The first-order valence-electron chi connectivity index (χ1n) is 4.87. The molecule has 78 valence electrons. The van der Waals surface area contributed by atoms with Gasteiger partial charge in [0.2, 0.25) is 0 Å². The number of aromatic hydroxyl groups is 1. The second kappa shape index (κ2) is 4.98. The van der Waals surface area contributed by atoms with Crippen LogP contribution >= 0.6 is 0 Å². The summed E-state index contributed by atoms with van der Waals surface area (Å²) in [4.78, 5) is 0. The number of nitrogens with two attached hydrogens (primary N) is 1. The van der Waals surface area contributed by atoms with Gasteiger partial charge in [-0.1, -0.05) is 31.5 Å². The molecular formula is C11H17NO2. The fourth-order valence-electron chi connectivity index (χ4n) is 1.48. The molecule has 0 saturated heterocycles. The van der Waals surface area contributed by atoms with Gasteiger partial charge in [-0.05, 0) is 12.0 Å². The molecule has 1 atom stereocenters. The maximum absolute atomic E-state index is 9.83. The van der Waals surface area contributed by atoms with E-state index in [9.17, 15) is 5.11 Å². The lowest BCUT2D eigenvalue weighted by Crippen LogP contribution is -2.14. The number of rotatable bonds is 4. The van der Waals surface area contributed by atoms with Crippen molar-refractivity contribution in [3.05, 3.63) is 29.3 Å². The fourth-order valence-corrected chi connectivity index (χ4v) is 1.48. The van der Waals surface area contributed by atoms with Gasteiger partial charge in [0.15, 0.2) is 0 Å². The molecule has 14 heavy (non-hydrogen) atoms. The molecular weight excluding hydrogens is 178 g/mol. The van der Waals surface area contributed by atoms with Gasteiger partial charge in [0.1, 0.15) is 5.75 Å². The molecule has 0 amide bonds. The van der Waals surface area contributed by atoms with Crippen molar-refractivity contribution in [2.45, 2.75) is 25.8 Å². The lowest BCUT2D eigenvalue weighted by molar-refractivity contribution is 0.265. The Morgan fingerprint density at radius 2 is 2.14 bits per heavy atom. The van der Waals surface area contributed by atoms with Gasteiger partial charge in [0.05, 0.1) is 12.6 Å². The van der Waals surface area contributed by atoms with Gasteiger partial charge >= 0.3 is 0 Å². The monoisotopic (exact) mass is 195 g/mol. The van der Waals surface area contributed by atoms with E-state index in [2.05, 4.69) is 6.92 Å². The van der Waals surface area contributed by atoms with Crippen LogP contribution in [-0.2, 0) is 6.42 Å². The first-order chi connectivity index (χ1) is 6.70. The number of benzene rings is 1. The molecule has 0 heterocycles. The van der Waals surface area contributed by atoms with Crippen LogP contribution in [0.4, 0.5) is 0 Å². The quantitative estimate of drug-likeness (QED) is 0.679. The van der Waals surface area contributed by atoms with Crippen molar-refractivity contribution in [3.63, 3.8) is 0 Å². The standard InChI is InChI=1S/C11H17NO2/c1-2-4-8-5-3-6-9(11(8)14)10(12)7-13/h3,5-6,10,13-14H,2,4,7,12H2,1H3/t10-/m0/s1. The summed E-state index contributed by atoms with van der Waals surface area (Å²) in [5, 5.41) is 18.7. The smallest absolute Gasteiger partial charge is 0.123 e. The van der Waals surface area contributed by atoms with Crippen molar-refractivity contribution >= 4 is 0 Å². The van der Waals surface area contributed by atoms with Crippen molar-refractivity contribution in [1.29, 1.82) is 0 Å². The van der Waals surface area contributed by atoms with Gasteiger partial charge in [-0.15, -0.1) is 0 Å². The summed E-state index contributed by atoms with van der Waals surface area (Å²) in [7, 11) is 0. The van der Waals surface area contributed by atoms with Crippen LogP contribution < -0.4 is 5.73 Å². The molecule has 1 aromatic carbocycles. The highest BCUT2D eigenvalue weighted by molar-refractivity contribution is 5.42. The van der Waals surface area contributed by atoms with E-state index in [0.717, 1.165) is 18.4 Å². The Bertz CT molecular complexity index is 299. The number of phenols is 1. The largest absolute Gasteiger partial charge is 0.507 e. The van der Waals surface area contributed by atoms with Crippen molar-refractivity contribution in [3.8, 4) is 5.75 Å². The number of aliphatic hydroxyl groups is 1. The van der Waals surface area contributed by atoms with Crippen LogP contribution in [0.5, 0.6) is 5.75 Å². The molecule has 1 rings (SSSR count). The summed E-state index contributed by atoms with van der Waals surface area (Å²) >= 11 is 0. The van der Waals surface area contributed by atoms with Crippen molar-refractivity contribution in [2.24, 2.45) is 5.73 Å². The van der Waals surface area contributed by atoms with Crippen molar-refractivity contribution in [1.82, 2.24) is 0 Å². The summed E-state index contributed by atoms with van der Waals surface area (Å²) in [6, 6.07) is 4.99. The Morgan fingerprint density at radius 3 is 2.71 bits per heavy atom. The average molecular weight is 195 g/mol. The lowest BCUT2D eigenvalue weighted by atomic mass is 10.0. The van der Waals surface area contributed by atoms with Gasteiger partial charge in [-0.3, -0.25) is 0 Å². The Morgan fingerprint density at radius 1 is 1.43 bits per heavy atom. The van der Waals surface area contributed by atoms with Crippen LogP contribution in [0.2, 0.25) is 0 Å². The van der Waals surface area contributed by atoms with Crippen LogP contribution in [0.15, 0.2) is 18.2 Å². The fraction of sp³-hybridized carbons (Fsp3) is 0.455. The van der Waals surface area contributed by atoms with Crippen LogP contribution in [0.25, 0.3) is 0 Å². The van der Waals surface area contributed by atoms with E-state index in [-0.39, 0.29) is 12.4 Å². The molecule has 0 saturated carbocycles. The molecule has 3 nitrogen and oxygen atoms in total. The van der Waals surface area contributed by atoms with Crippen molar-refractivity contribution in [2.75, 3.05) is 6.61 Å². The van der Waals surface area contributed by atoms with Gasteiger partial charge in [-0.2, -0.15) is 0 Å². The van der Waals surface area contributed by atoms with Gasteiger partial charge in [0, 0.05) is 5.56 Å². The summed E-state index contributed by atoms with van der Waals surface area (Å²) in [6.45, 7) is 1.90. The third kappa shape index (κ3) is 2.25. The molecule has 0 unspecified atom stereocenters. The normalized spacial score (nSPS) is 12.8. The van der Waals surface area contributed by atoms with Crippen molar-refractivity contribution < 1.29 is 10.2 Å². The van der Waals surface area contributed by atoms with Gasteiger partial charge < -0.3 is 15.9 Å². The highest BCUT2D eigenvalue weighted by Crippen LogP contribution is 2.27. The van der Waals surface area contributed by atoms with E-state index in [4.69, 9.17) is 10.8 Å². The summed E-state index contributed by atoms with van der Waals surface area (Å²) < 4.78 is 0. The predicted molar refractivity (Wildman–Crippen MR) is 56.1 cm³/mol. The maximum atomic E-state index is 9.83. The summed E-state index contributed by atoms with van der Waals surface area (Å²) in [5.41, 5.74) is 7.17. The highest BCUT2D eigenvalue weighted by Gasteiger charge is 2.11. The summed E-state index contributed by atoms with van der Waals surface area (Å²) in [5.74, 6) is 0.232. The Balaban J connectivity index is 3.00. The van der Waals surface area contributed by atoms with E-state index < -0.39 is 6.04 Å². The second-order valence-corrected chi connectivity index (χ2v) is 3.39. The number of hydrogen-bond acceptors (Lipinski definition) is 3. The minimum Gasteiger partial charge on any atom is -0.507 e. The molecule has 0 fully saturated rings. The zero-order valence-electron chi connectivity index (χ0n) is 8.40. The van der Waals surface area contributed by atoms with E-state index in [1.165, 1.54) is 0 Å². The van der Waals surface area contributed by atoms with Crippen LogP contribution in [0.3, 0.4) is 0 Å². The molecule has 1 aromatic rings. The zero-order chi connectivity index (χ0) is 10.6. The second-order valence-electron chi connectivity index (χ2n) is 3.39. The number of para-hydroxylation sites is 1. The SMILES string of the molecule is CCCc1cccc([C@@H](N)CO)c1O. The Hall–Kier alpha value is -1.06. The van der Waals surface area contributed by atoms with Gasteiger partial charge in [0.25, 0.3) is 0 Å². The number of phenolic OH excluding ortho intramolecular Hbond substituents is 1. The molecule has 0 aliphatic carbocycles. The molecule has 0 aliphatic rings. The van der Waals surface area contributed by atoms with Crippen LogP contribution in [-0.4, -0.2) is 16.8 Å². The van der Waals surface area contributed by atoms with E-state index in [1.807, 2.05) is 12.1 Å². The maximum Gasteiger partial charge on any atom is 0.123 e. The van der Waals surface area contributed by atoms with E-state index in [1.54, 1.807) is 6.07 Å². The topological polar surface area (TPSA) is 66.5 Å². The number of aryl methyl sites for hydroxylation is 1. The predicted octanol–water partition coefficient (Wildman–Crippen LogP) is 1.34. The highest BCUT2D eigenvalue weighted by atomic mass is 16.3. The molecule has 0 radical (unpaired) electrons. The third-order valence-electron chi connectivity index (χ3n) is 2.27. The molecule has 4 N–H and O–H groups in total. The Labute approximate surface area is 84.2 Å². The summed E-state index contributed by atoms with van der Waals surface area (Å²) in [6.07, 6.45) is 1.81. The first-order valence-corrected chi connectivity index (χ1v) is 4.87. The Kier molecular flexibility index (Phi) is 3.92. The third-order valence-corrected chi connectivity index (χ3v) is 2.27. The van der Waals surface area contributed by atoms with Crippen LogP contribution in [0, 0.1) is 0 Å². The zero-order valence-corrected chi connectivity index (χ0v) is 8.40. The molecule has 0 aliphatic heterocycles. The molecule has 3 heteroatoms. The molecule has 0 bridgehead atoms. The van der Waals surface area contributed by atoms with Crippen LogP contribution in [0.1, 0.15) is 30.5 Å². The molecule has 0 spiro atoms. The minimum atomic E-state index is -0.494. The van der Waals surface area contributed by atoms with E-state index in [0.29, 0.717) is 5.56 Å². The number of hydrogen-bond donors (Lipinski definition) is 3. The lowest BCUT2D eigenvalue weighted by Gasteiger charge is -2.13. The average Bonchev–Trinajstić information content (AvgIpc) is 2.20. The van der Waals surface area contributed by atoms with Gasteiger partial charge in [-0.25, -0.2) is 0 Å². The number of aliphatic hydroxyl groups excluding tert-OH is 1.